The van der Waals surface area contributed by atoms with Gasteiger partial charge in [-0.15, -0.1) is 5.10 Å². The number of nitrogens with one attached hydrogen (secondary N) is 1. The van der Waals surface area contributed by atoms with E-state index in [2.05, 4.69) is 21.8 Å². The van der Waals surface area contributed by atoms with Crippen molar-refractivity contribution in [1.29, 1.82) is 0 Å². The van der Waals surface area contributed by atoms with Gasteiger partial charge in [0.2, 0.25) is 0 Å². The van der Waals surface area contributed by atoms with E-state index >= 15 is 0 Å². The van der Waals surface area contributed by atoms with E-state index in [4.69, 9.17) is 0 Å². The summed E-state index contributed by atoms with van der Waals surface area (Å²) in [7, 11) is 0. The lowest BCUT2D eigenvalue weighted by molar-refractivity contribution is 0.348. The number of hydrogen-bond acceptors (Lipinski definition) is 3. The molecule has 4 nitrogen and oxygen atoms in total. The standard InChI is InChI=1S/C11H18N4/c1-2-6-12-10(3-1)7-15-8-11(13-14-15)9-4-5-9/h8-10,12H,1-7H2. The Bertz CT molecular complexity index is 323. The Morgan fingerprint density at radius 1 is 1.33 bits per heavy atom. The van der Waals surface area contributed by atoms with Gasteiger partial charge in [0.15, 0.2) is 0 Å². The smallest absolute Gasteiger partial charge is 0.0857 e. The molecule has 15 heavy (non-hydrogen) atoms. The molecule has 4 heteroatoms. The van der Waals surface area contributed by atoms with Crippen molar-refractivity contribution in [3.8, 4) is 0 Å². The van der Waals surface area contributed by atoms with Crippen LogP contribution in [0.5, 0.6) is 0 Å². The minimum Gasteiger partial charge on any atom is -0.312 e. The SMILES string of the molecule is c1c(C2CC2)nnn1CC1CCCCN1. The van der Waals surface area contributed by atoms with E-state index < -0.39 is 0 Å². The molecule has 1 unspecified atom stereocenters. The first-order valence-corrected chi connectivity index (χ1v) is 6.05. The Labute approximate surface area is 90.0 Å². The summed E-state index contributed by atoms with van der Waals surface area (Å²) in [6.45, 7) is 2.15. The molecule has 82 valence electrons. The lowest BCUT2D eigenvalue weighted by Crippen LogP contribution is -2.37. The van der Waals surface area contributed by atoms with Crippen LogP contribution in [0.3, 0.4) is 0 Å². The van der Waals surface area contributed by atoms with Gasteiger partial charge in [-0.05, 0) is 32.2 Å². The largest absolute Gasteiger partial charge is 0.312 e. The molecule has 0 radical (unpaired) electrons. The van der Waals surface area contributed by atoms with Crippen molar-refractivity contribution < 1.29 is 0 Å². The van der Waals surface area contributed by atoms with Crippen LogP contribution in [0.1, 0.15) is 43.7 Å². The van der Waals surface area contributed by atoms with Crippen LogP contribution < -0.4 is 5.32 Å². The van der Waals surface area contributed by atoms with Gasteiger partial charge in [0.1, 0.15) is 0 Å². The summed E-state index contributed by atoms with van der Waals surface area (Å²) >= 11 is 0. The molecule has 1 saturated carbocycles. The molecule has 1 aromatic heterocycles. The molecule has 1 aliphatic heterocycles. The van der Waals surface area contributed by atoms with Gasteiger partial charge in [0.25, 0.3) is 0 Å². The molecule has 0 spiro atoms. The van der Waals surface area contributed by atoms with Crippen LogP contribution in [-0.4, -0.2) is 27.6 Å². The fourth-order valence-corrected chi connectivity index (χ4v) is 2.27. The first kappa shape index (κ1) is 9.33. The lowest BCUT2D eigenvalue weighted by Gasteiger charge is -2.22. The van der Waals surface area contributed by atoms with Gasteiger partial charge in [0.05, 0.1) is 12.2 Å². The zero-order chi connectivity index (χ0) is 10.1. The third-order valence-electron chi connectivity index (χ3n) is 3.37. The molecule has 0 bridgehead atoms. The Kier molecular flexibility index (Phi) is 2.44. The van der Waals surface area contributed by atoms with Gasteiger partial charge in [-0.3, -0.25) is 4.68 Å². The lowest BCUT2D eigenvalue weighted by atomic mass is 10.1. The highest BCUT2D eigenvalue weighted by Crippen LogP contribution is 2.38. The molecule has 3 rings (SSSR count). The molecule has 1 N–H and O–H groups in total. The van der Waals surface area contributed by atoms with E-state index in [1.165, 1.54) is 37.8 Å². The average Bonchev–Trinajstić information content (AvgIpc) is 3.02. The Hall–Kier alpha value is -0.900. The zero-order valence-electron chi connectivity index (χ0n) is 9.02. The zero-order valence-corrected chi connectivity index (χ0v) is 9.02. The van der Waals surface area contributed by atoms with Crippen molar-refractivity contribution in [3.05, 3.63) is 11.9 Å². The predicted molar refractivity (Wildman–Crippen MR) is 57.6 cm³/mol. The molecule has 0 aromatic carbocycles. The van der Waals surface area contributed by atoms with Gasteiger partial charge < -0.3 is 5.32 Å². The van der Waals surface area contributed by atoms with Crippen molar-refractivity contribution in [2.75, 3.05) is 6.54 Å². The molecular weight excluding hydrogens is 188 g/mol. The molecule has 2 fully saturated rings. The van der Waals surface area contributed by atoms with E-state index in [1.807, 2.05) is 4.68 Å². The second kappa shape index (κ2) is 3.93. The summed E-state index contributed by atoms with van der Waals surface area (Å²) in [6, 6.07) is 0.604. The second-order valence-corrected chi connectivity index (χ2v) is 4.79. The number of piperidine rings is 1. The highest BCUT2D eigenvalue weighted by molar-refractivity contribution is 5.09. The third-order valence-corrected chi connectivity index (χ3v) is 3.37. The summed E-state index contributed by atoms with van der Waals surface area (Å²) < 4.78 is 2.01. The van der Waals surface area contributed by atoms with E-state index in [0.29, 0.717) is 6.04 Å². The maximum atomic E-state index is 4.23. The average molecular weight is 206 g/mol. The Morgan fingerprint density at radius 2 is 2.27 bits per heavy atom. The molecule has 1 atom stereocenters. The highest BCUT2D eigenvalue weighted by Gasteiger charge is 2.26. The maximum absolute atomic E-state index is 4.23. The minimum atomic E-state index is 0.604. The van der Waals surface area contributed by atoms with Crippen LogP contribution in [0, 0.1) is 0 Å². The summed E-state index contributed by atoms with van der Waals surface area (Å²) in [5.41, 5.74) is 1.20. The topological polar surface area (TPSA) is 42.7 Å². The van der Waals surface area contributed by atoms with Crippen LogP contribution >= 0.6 is 0 Å². The highest BCUT2D eigenvalue weighted by atomic mass is 15.4. The number of nitrogens with zero attached hydrogens (tertiary/aromatic N) is 3. The summed E-state index contributed by atoms with van der Waals surface area (Å²) in [5, 5.41) is 12.0. The fraction of sp³-hybridized carbons (Fsp3) is 0.818. The van der Waals surface area contributed by atoms with E-state index in [-0.39, 0.29) is 0 Å². The van der Waals surface area contributed by atoms with Crippen molar-refractivity contribution >= 4 is 0 Å². The Morgan fingerprint density at radius 3 is 3.00 bits per heavy atom. The van der Waals surface area contributed by atoms with E-state index in [1.54, 1.807) is 0 Å². The molecule has 1 saturated heterocycles. The molecular formula is C11H18N4. The van der Waals surface area contributed by atoms with Gasteiger partial charge in [-0.25, -0.2) is 0 Å². The number of rotatable bonds is 3. The predicted octanol–water partition coefficient (Wildman–Crippen LogP) is 1.30. The fourth-order valence-electron chi connectivity index (χ4n) is 2.27. The number of hydrogen-bond donors (Lipinski definition) is 1. The first-order valence-electron chi connectivity index (χ1n) is 6.05. The van der Waals surface area contributed by atoms with Crippen molar-refractivity contribution in [1.82, 2.24) is 20.3 Å². The van der Waals surface area contributed by atoms with Crippen LogP contribution in [0.15, 0.2) is 6.20 Å². The van der Waals surface area contributed by atoms with Crippen LogP contribution in [0.4, 0.5) is 0 Å². The molecule has 0 amide bonds. The van der Waals surface area contributed by atoms with Crippen molar-refractivity contribution in [2.45, 2.75) is 50.6 Å². The molecule has 2 heterocycles. The maximum Gasteiger partial charge on any atom is 0.0857 e. The van der Waals surface area contributed by atoms with Crippen molar-refractivity contribution in [2.24, 2.45) is 0 Å². The van der Waals surface area contributed by atoms with Gasteiger partial charge in [-0.1, -0.05) is 11.6 Å². The minimum absolute atomic E-state index is 0.604. The van der Waals surface area contributed by atoms with Crippen molar-refractivity contribution in [3.63, 3.8) is 0 Å². The van der Waals surface area contributed by atoms with Crippen LogP contribution in [0.2, 0.25) is 0 Å². The Balaban J connectivity index is 1.60. The van der Waals surface area contributed by atoms with Crippen LogP contribution in [0.25, 0.3) is 0 Å². The molecule has 1 aromatic rings. The quantitative estimate of drug-likeness (QED) is 0.810. The van der Waals surface area contributed by atoms with Gasteiger partial charge in [-0.2, -0.15) is 0 Å². The summed E-state index contributed by atoms with van der Waals surface area (Å²) in [6.07, 6.45) is 8.69. The van der Waals surface area contributed by atoms with Gasteiger partial charge in [0, 0.05) is 18.2 Å². The second-order valence-electron chi connectivity index (χ2n) is 4.79. The van der Waals surface area contributed by atoms with E-state index in [9.17, 15) is 0 Å². The van der Waals surface area contributed by atoms with Crippen LogP contribution in [-0.2, 0) is 6.54 Å². The number of aromatic nitrogens is 3. The molecule has 2 aliphatic rings. The third kappa shape index (κ3) is 2.20. The monoisotopic (exact) mass is 206 g/mol. The first-order chi connectivity index (χ1) is 7.42. The molecule has 1 aliphatic carbocycles. The van der Waals surface area contributed by atoms with Gasteiger partial charge >= 0.3 is 0 Å². The van der Waals surface area contributed by atoms with E-state index in [0.717, 1.165) is 19.0 Å². The normalized spacial score (nSPS) is 26.8. The summed E-state index contributed by atoms with van der Waals surface area (Å²) in [5.74, 6) is 0.720. The summed E-state index contributed by atoms with van der Waals surface area (Å²) in [4.78, 5) is 0.